The zero-order chi connectivity index (χ0) is 11.2. The fourth-order valence-corrected chi connectivity index (χ4v) is 1.29. The van der Waals surface area contributed by atoms with Gasteiger partial charge in [-0.3, -0.25) is 4.79 Å². The van der Waals surface area contributed by atoms with Crippen molar-refractivity contribution in [1.29, 1.82) is 0 Å². The highest BCUT2D eigenvalue weighted by Gasteiger charge is 2.14. The van der Waals surface area contributed by atoms with Gasteiger partial charge in [0.2, 0.25) is 0 Å². The van der Waals surface area contributed by atoms with Gasteiger partial charge in [-0.25, -0.2) is 5.84 Å². The van der Waals surface area contributed by atoms with E-state index >= 15 is 0 Å². The largest absolute Gasteiger partial charge is 0.356 e. The van der Waals surface area contributed by atoms with E-state index in [1.807, 2.05) is 12.6 Å². The van der Waals surface area contributed by atoms with Gasteiger partial charge in [-0.05, 0) is 12.5 Å². The minimum Gasteiger partial charge on any atom is -0.356 e. The van der Waals surface area contributed by atoms with Crippen LogP contribution < -0.4 is 11.4 Å². The van der Waals surface area contributed by atoms with Crippen LogP contribution in [0.5, 0.6) is 0 Å². The number of nitrogens with zero attached hydrogens (tertiary/aromatic N) is 1. The van der Waals surface area contributed by atoms with Crippen LogP contribution >= 0.6 is 0 Å². The molecule has 0 aromatic carbocycles. The van der Waals surface area contributed by atoms with Crippen LogP contribution in [0.25, 0.3) is 0 Å². The van der Waals surface area contributed by atoms with E-state index in [0.717, 1.165) is 6.54 Å². The molecule has 0 unspecified atom stereocenters. The van der Waals surface area contributed by atoms with Crippen LogP contribution in [0.1, 0.15) is 27.2 Å². The van der Waals surface area contributed by atoms with Gasteiger partial charge in [0.05, 0.1) is 6.42 Å². The minimum absolute atomic E-state index is 0.241. The second-order valence-electron chi connectivity index (χ2n) is 4.64. The summed E-state index contributed by atoms with van der Waals surface area (Å²) >= 11 is 0. The van der Waals surface area contributed by atoms with Gasteiger partial charge in [0.1, 0.15) is 0 Å². The van der Waals surface area contributed by atoms with E-state index in [1.165, 1.54) is 0 Å². The van der Waals surface area contributed by atoms with Crippen molar-refractivity contribution < 1.29 is 9.63 Å². The number of nitrogens with two attached hydrogens (primary N) is 1. The monoisotopic (exact) mass is 203 g/mol. The molecule has 3 N–H and O–H groups in total. The molecule has 0 heterocycles. The number of carbonyl (C=O) groups is 1. The van der Waals surface area contributed by atoms with Crippen molar-refractivity contribution >= 4 is 5.97 Å². The standard InChI is InChI=1S/C9H21N3O2/c1-9(2,3)7-12(4)6-5-8(13)14-11-10/h11H,5-7,10H2,1-4H3. The van der Waals surface area contributed by atoms with Gasteiger partial charge in [-0.2, -0.15) is 0 Å². The Balaban J connectivity index is 3.63. The molecule has 0 aliphatic rings. The summed E-state index contributed by atoms with van der Waals surface area (Å²) in [7, 11) is 1.98. The summed E-state index contributed by atoms with van der Waals surface area (Å²) in [6.45, 7) is 8.09. The van der Waals surface area contributed by atoms with E-state index in [2.05, 4.69) is 30.5 Å². The van der Waals surface area contributed by atoms with Gasteiger partial charge in [-0.15, -0.1) is 0 Å². The van der Waals surface area contributed by atoms with E-state index in [1.54, 1.807) is 0 Å². The predicted octanol–water partition coefficient (Wildman–Crippen LogP) is 0.276. The van der Waals surface area contributed by atoms with Crippen LogP contribution in [0.4, 0.5) is 0 Å². The van der Waals surface area contributed by atoms with Gasteiger partial charge in [0.25, 0.3) is 0 Å². The van der Waals surface area contributed by atoms with Crippen molar-refractivity contribution in [2.24, 2.45) is 11.3 Å². The lowest BCUT2D eigenvalue weighted by Gasteiger charge is -2.25. The molecule has 0 aliphatic carbocycles. The SMILES string of the molecule is CN(CCC(=O)ONN)CC(C)(C)C. The Morgan fingerprint density at radius 1 is 1.50 bits per heavy atom. The highest BCUT2D eigenvalue weighted by molar-refractivity contribution is 5.69. The van der Waals surface area contributed by atoms with Gasteiger partial charge in [0, 0.05) is 13.1 Å². The molecule has 5 heteroatoms. The molecule has 0 saturated carbocycles. The number of hydrogen-bond acceptors (Lipinski definition) is 5. The zero-order valence-electron chi connectivity index (χ0n) is 9.46. The maximum Gasteiger partial charge on any atom is 0.327 e. The Labute approximate surface area is 85.5 Å². The van der Waals surface area contributed by atoms with E-state index < -0.39 is 0 Å². The van der Waals surface area contributed by atoms with Crippen LogP contribution in [-0.4, -0.2) is 31.0 Å². The second-order valence-corrected chi connectivity index (χ2v) is 4.64. The molecule has 0 radical (unpaired) electrons. The maximum atomic E-state index is 10.9. The topological polar surface area (TPSA) is 67.6 Å². The Morgan fingerprint density at radius 2 is 2.07 bits per heavy atom. The predicted molar refractivity (Wildman–Crippen MR) is 55.0 cm³/mol. The van der Waals surface area contributed by atoms with Crippen molar-refractivity contribution in [3.05, 3.63) is 0 Å². The number of hydrogen-bond donors (Lipinski definition) is 2. The van der Waals surface area contributed by atoms with Crippen molar-refractivity contribution in [3.8, 4) is 0 Å². The number of carbonyl (C=O) groups excluding carboxylic acids is 1. The van der Waals surface area contributed by atoms with E-state index in [-0.39, 0.29) is 11.4 Å². The van der Waals surface area contributed by atoms with Crippen LogP contribution in [-0.2, 0) is 9.63 Å². The number of nitrogens with one attached hydrogen (secondary N) is 1. The summed E-state index contributed by atoms with van der Waals surface area (Å²) in [5.74, 6) is 4.49. The third kappa shape index (κ3) is 7.97. The van der Waals surface area contributed by atoms with E-state index in [9.17, 15) is 4.79 Å². The first-order chi connectivity index (χ1) is 6.35. The van der Waals surface area contributed by atoms with Crippen LogP contribution in [0.3, 0.4) is 0 Å². The normalized spacial score (nSPS) is 11.9. The van der Waals surface area contributed by atoms with E-state index in [4.69, 9.17) is 5.84 Å². The van der Waals surface area contributed by atoms with Crippen LogP contribution in [0.2, 0.25) is 0 Å². The van der Waals surface area contributed by atoms with Gasteiger partial charge in [-0.1, -0.05) is 26.4 Å². The van der Waals surface area contributed by atoms with Gasteiger partial charge < -0.3 is 9.74 Å². The summed E-state index contributed by atoms with van der Waals surface area (Å²) < 4.78 is 0. The summed E-state index contributed by atoms with van der Waals surface area (Å²) in [5, 5.41) is 0. The molecule has 14 heavy (non-hydrogen) atoms. The average Bonchev–Trinajstić information content (AvgIpc) is 1.98. The minimum atomic E-state index is -0.340. The molecule has 0 atom stereocenters. The summed E-state index contributed by atoms with van der Waals surface area (Å²) in [6.07, 6.45) is 0.344. The van der Waals surface area contributed by atoms with E-state index in [0.29, 0.717) is 13.0 Å². The molecule has 0 spiro atoms. The van der Waals surface area contributed by atoms with Gasteiger partial charge >= 0.3 is 5.97 Å². The Kier molecular flexibility index (Phi) is 5.68. The summed E-state index contributed by atoms with van der Waals surface area (Å²) in [6, 6.07) is 0. The lowest BCUT2D eigenvalue weighted by molar-refractivity contribution is -0.151. The van der Waals surface area contributed by atoms with Crippen molar-refractivity contribution in [2.75, 3.05) is 20.1 Å². The molecule has 84 valence electrons. The molecule has 0 aliphatic heterocycles. The van der Waals surface area contributed by atoms with Crippen LogP contribution in [0.15, 0.2) is 0 Å². The quantitative estimate of drug-likeness (QED) is 0.496. The molecular weight excluding hydrogens is 182 g/mol. The zero-order valence-corrected chi connectivity index (χ0v) is 9.46. The lowest BCUT2D eigenvalue weighted by atomic mass is 9.96. The second kappa shape index (κ2) is 5.95. The third-order valence-corrected chi connectivity index (χ3v) is 1.61. The number of rotatable bonds is 5. The average molecular weight is 203 g/mol. The first kappa shape index (κ1) is 13.4. The van der Waals surface area contributed by atoms with Crippen molar-refractivity contribution in [1.82, 2.24) is 10.5 Å². The molecule has 0 aromatic rings. The Bertz CT molecular complexity index is 177. The number of hydrazine groups is 1. The summed E-state index contributed by atoms with van der Waals surface area (Å²) in [5.41, 5.74) is 2.11. The smallest absolute Gasteiger partial charge is 0.327 e. The van der Waals surface area contributed by atoms with Crippen LogP contribution in [0, 0.1) is 5.41 Å². The van der Waals surface area contributed by atoms with Gasteiger partial charge in [0.15, 0.2) is 0 Å². The fourth-order valence-electron chi connectivity index (χ4n) is 1.29. The molecular formula is C9H21N3O2. The molecule has 0 rings (SSSR count). The first-order valence-electron chi connectivity index (χ1n) is 4.69. The lowest BCUT2D eigenvalue weighted by Crippen LogP contribution is -2.33. The van der Waals surface area contributed by atoms with Crippen molar-refractivity contribution in [3.63, 3.8) is 0 Å². The fraction of sp³-hybridized carbons (Fsp3) is 0.889. The molecule has 0 fully saturated rings. The molecule has 0 saturated heterocycles. The molecule has 5 nitrogen and oxygen atoms in total. The highest BCUT2D eigenvalue weighted by Crippen LogP contribution is 2.13. The molecule has 0 amide bonds. The molecule has 0 bridgehead atoms. The van der Waals surface area contributed by atoms with Crippen molar-refractivity contribution in [2.45, 2.75) is 27.2 Å². The Hall–Kier alpha value is -0.650. The maximum absolute atomic E-state index is 10.9. The highest BCUT2D eigenvalue weighted by atomic mass is 16.7. The summed E-state index contributed by atoms with van der Waals surface area (Å²) in [4.78, 5) is 17.4. The molecule has 0 aromatic heterocycles. The first-order valence-corrected chi connectivity index (χ1v) is 4.69. The third-order valence-electron chi connectivity index (χ3n) is 1.61. The Morgan fingerprint density at radius 3 is 2.50 bits per heavy atom.